The molecule has 0 radical (unpaired) electrons. The lowest BCUT2D eigenvalue weighted by Crippen LogP contribution is -2.15. The van der Waals surface area contributed by atoms with E-state index in [-0.39, 0.29) is 11.7 Å². The molecule has 2 aromatic carbocycles. The minimum Gasteiger partial charge on any atom is -0.424 e. The largest absolute Gasteiger partial charge is 0.424 e. The standard InChI is InChI=1S/C22H16IN5O2/c1-12(28-19(23)17-20(24)25-11-26-21(17)27-28)18-16(13-7-3-2-4-8-13)14-9-5-6-10-15(14)22(29)30-18/h2-12H,1H3,(H2,24,25,26,27). The highest BCUT2D eigenvalue weighted by Gasteiger charge is 2.25. The van der Waals surface area contributed by atoms with Gasteiger partial charge in [0, 0.05) is 10.9 Å². The summed E-state index contributed by atoms with van der Waals surface area (Å²) in [7, 11) is 0. The molecule has 1 atom stereocenters. The summed E-state index contributed by atoms with van der Waals surface area (Å²) >= 11 is 2.18. The third-order valence-corrected chi connectivity index (χ3v) is 6.17. The molecule has 0 saturated heterocycles. The highest BCUT2D eigenvalue weighted by Crippen LogP contribution is 2.36. The fraction of sp³-hybridized carbons (Fsp3) is 0.0909. The van der Waals surface area contributed by atoms with Crippen LogP contribution in [0.2, 0.25) is 0 Å². The van der Waals surface area contributed by atoms with Crippen molar-refractivity contribution < 1.29 is 4.42 Å². The molecule has 30 heavy (non-hydrogen) atoms. The molecule has 148 valence electrons. The number of aromatic nitrogens is 4. The molecule has 5 rings (SSSR count). The Labute approximate surface area is 184 Å². The summed E-state index contributed by atoms with van der Waals surface area (Å²) in [5, 5.41) is 6.68. The van der Waals surface area contributed by atoms with Gasteiger partial charge < -0.3 is 10.2 Å². The maximum atomic E-state index is 12.8. The van der Waals surface area contributed by atoms with Gasteiger partial charge >= 0.3 is 5.63 Å². The predicted molar refractivity (Wildman–Crippen MR) is 124 cm³/mol. The Morgan fingerprint density at radius 3 is 2.47 bits per heavy atom. The van der Waals surface area contributed by atoms with Crippen LogP contribution in [-0.2, 0) is 0 Å². The van der Waals surface area contributed by atoms with Crippen LogP contribution in [0.1, 0.15) is 18.7 Å². The fourth-order valence-electron chi connectivity index (χ4n) is 3.71. The van der Waals surface area contributed by atoms with Gasteiger partial charge in [0.05, 0.1) is 10.8 Å². The first-order valence-electron chi connectivity index (χ1n) is 9.31. The van der Waals surface area contributed by atoms with Crippen molar-refractivity contribution in [2.75, 3.05) is 5.73 Å². The molecule has 3 aromatic heterocycles. The Bertz CT molecular complexity index is 1460. The molecule has 0 aliphatic carbocycles. The number of hydrogen-bond donors (Lipinski definition) is 1. The van der Waals surface area contributed by atoms with E-state index in [0.717, 1.165) is 20.2 Å². The normalized spacial score (nSPS) is 12.5. The first-order valence-corrected chi connectivity index (χ1v) is 10.4. The van der Waals surface area contributed by atoms with Crippen LogP contribution >= 0.6 is 22.6 Å². The first-order chi connectivity index (χ1) is 14.6. The number of fused-ring (bicyclic) bond motifs is 2. The topological polar surface area (TPSA) is 99.8 Å². The van der Waals surface area contributed by atoms with E-state index in [1.165, 1.54) is 6.33 Å². The highest BCUT2D eigenvalue weighted by molar-refractivity contribution is 14.1. The molecular weight excluding hydrogens is 493 g/mol. The molecule has 0 spiro atoms. The third-order valence-electron chi connectivity index (χ3n) is 5.14. The lowest BCUT2D eigenvalue weighted by molar-refractivity contribution is 0.398. The molecule has 3 heterocycles. The average molecular weight is 509 g/mol. The number of anilines is 1. The van der Waals surface area contributed by atoms with Crippen LogP contribution in [0.25, 0.3) is 32.9 Å². The number of nitrogens with zero attached hydrogens (tertiary/aromatic N) is 4. The van der Waals surface area contributed by atoms with Crippen molar-refractivity contribution in [2.45, 2.75) is 13.0 Å². The molecule has 0 aliphatic heterocycles. The number of nitrogens with two attached hydrogens (primary N) is 1. The van der Waals surface area contributed by atoms with Gasteiger partial charge in [0.15, 0.2) is 5.65 Å². The highest BCUT2D eigenvalue weighted by atomic mass is 127. The van der Waals surface area contributed by atoms with Gasteiger partial charge in [-0.15, -0.1) is 0 Å². The van der Waals surface area contributed by atoms with Crippen LogP contribution in [0.5, 0.6) is 0 Å². The Kier molecular flexibility index (Phi) is 4.50. The number of hydrogen-bond acceptors (Lipinski definition) is 6. The second-order valence-electron chi connectivity index (χ2n) is 6.91. The maximum Gasteiger partial charge on any atom is 0.343 e. The van der Waals surface area contributed by atoms with Crippen LogP contribution in [0.15, 0.2) is 70.1 Å². The summed E-state index contributed by atoms with van der Waals surface area (Å²) in [6.45, 7) is 1.94. The summed E-state index contributed by atoms with van der Waals surface area (Å²) in [5.74, 6) is 0.897. The average Bonchev–Trinajstić information content (AvgIpc) is 3.11. The SMILES string of the molecule is CC(c1oc(=O)c2ccccc2c1-c1ccccc1)n1nc2ncnc(N)c2c1I. The fourth-order valence-corrected chi connectivity index (χ4v) is 4.75. The van der Waals surface area contributed by atoms with Crippen molar-refractivity contribution in [3.8, 4) is 11.1 Å². The molecule has 0 saturated carbocycles. The molecule has 1 unspecified atom stereocenters. The van der Waals surface area contributed by atoms with Gasteiger partial charge in [-0.05, 0) is 41.1 Å². The van der Waals surface area contributed by atoms with E-state index < -0.39 is 0 Å². The van der Waals surface area contributed by atoms with Gasteiger partial charge in [0.25, 0.3) is 0 Å². The molecule has 0 amide bonds. The van der Waals surface area contributed by atoms with E-state index in [4.69, 9.17) is 10.2 Å². The second kappa shape index (κ2) is 7.21. The summed E-state index contributed by atoms with van der Waals surface area (Å²) < 4.78 is 8.44. The summed E-state index contributed by atoms with van der Waals surface area (Å²) in [6.07, 6.45) is 1.39. The van der Waals surface area contributed by atoms with Crippen LogP contribution < -0.4 is 11.4 Å². The van der Waals surface area contributed by atoms with Gasteiger partial charge in [-0.25, -0.2) is 19.4 Å². The van der Waals surface area contributed by atoms with Crippen molar-refractivity contribution >= 4 is 50.2 Å². The van der Waals surface area contributed by atoms with Gasteiger partial charge in [0.1, 0.15) is 27.6 Å². The summed E-state index contributed by atoms with van der Waals surface area (Å²) in [6, 6.07) is 17.0. The van der Waals surface area contributed by atoms with E-state index in [1.807, 2.05) is 55.5 Å². The van der Waals surface area contributed by atoms with Gasteiger partial charge in [-0.1, -0.05) is 48.5 Å². The number of rotatable bonds is 3. The molecule has 5 aromatic rings. The van der Waals surface area contributed by atoms with E-state index in [2.05, 4.69) is 37.7 Å². The minimum atomic E-state index is -0.377. The van der Waals surface area contributed by atoms with E-state index in [0.29, 0.717) is 28.0 Å². The zero-order valence-electron chi connectivity index (χ0n) is 15.9. The molecule has 0 fully saturated rings. The molecule has 0 aliphatic rings. The maximum absolute atomic E-state index is 12.8. The Morgan fingerprint density at radius 1 is 1.03 bits per heavy atom. The van der Waals surface area contributed by atoms with Crippen molar-refractivity contribution in [1.29, 1.82) is 0 Å². The first kappa shape index (κ1) is 18.7. The lowest BCUT2D eigenvalue weighted by atomic mass is 9.96. The Morgan fingerprint density at radius 2 is 1.73 bits per heavy atom. The van der Waals surface area contributed by atoms with Gasteiger partial charge in [0.2, 0.25) is 0 Å². The third kappa shape index (κ3) is 2.86. The van der Waals surface area contributed by atoms with Crippen LogP contribution in [0.3, 0.4) is 0 Å². The van der Waals surface area contributed by atoms with E-state index in [9.17, 15) is 4.79 Å². The van der Waals surface area contributed by atoms with Crippen molar-refractivity contribution in [2.24, 2.45) is 0 Å². The van der Waals surface area contributed by atoms with Crippen molar-refractivity contribution in [3.05, 3.63) is 80.8 Å². The van der Waals surface area contributed by atoms with E-state index in [1.54, 1.807) is 10.7 Å². The van der Waals surface area contributed by atoms with Crippen molar-refractivity contribution in [1.82, 2.24) is 19.7 Å². The molecule has 0 bridgehead atoms. The predicted octanol–water partition coefficient (Wildman–Crippen LogP) is 4.40. The molecular formula is C22H16IN5O2. The van der Waals surface area contributed by atoms with Gasteiger partial charge in [-0.3, -0.25) is 0 Å². The van der Waals surface area contributed by atoms with Crippen molar-refractivity contribution in [3.63, 3.8) is 0 Å². The zero-order valence-corrected chi connectivity index (χ0v) is 18.1. The zero-order chi connectivity index (χ0) is 20.8. The lowest BCUT2D eigenvalue weighted by Gasteiger charge is -2.18. The quantitative estimate of drug-likeness (QED) is 0.362. The Hall–Kier alpha value is -3.27. The molecule has 7 nitrogen and oxygen atoms in total. The summed E-state index contributed by atoms with van der Waals surface area (Å²) in [4.78, 5) is 21.1. The van der Waals surface area contributed by atoms with Crippen LogP contribution in [0.4, 0.5) is 5.82 Å². The smallest absolute Gasteiger partial charge is 0.343 e. The minimum absolute atomic E-state index is 0.367. The number of nitrogen functional groups attached to an aromatic ring is 1. The molecule has 8 heteroatoms. The monoisotopic (exact) mass is 509 g/mol. The van der Waals surface area contributed by atoms with E-state index >= 15 is 0 Å². The summed E-state index contributed by atoms with van der Waals surface area (Å²) in [5.41, 5.74) is 8.00. The Balaban J connectivity index is 1.82. The number of benzene rings is 2. The van der Waals surface area contributed by atoms with Crippen LogP contribution in [-0.4, -0.2) is 19.7 Å². The van der Waals surface area contributed by atoms with Crippen LogP contribution in [0, 0.1) is 3.70 Å². The van der Waals surface area contributed by atoms with Gasteiger partial charge in [-0.2, -0.15) is 5.10 Å². The number of halogens is 1. The second-order valence-corrected chi connectivity index (χ2v) is 7.93. The molecule has 2 N–H and O–H groups in total.